The maximum Gasteiger partial charge on any atom is 0.573 e. The number of nitrogens with one attached hydrogen (secondary N) is 2. The zero-order valence-electron chi connectivity index (χ0n) is 14.4. The molecule has 152 valence electrons. The van der Waals surface area contributed by atoms with Crippen molar-refractivity contribution in [2.45, 2.75) is 12.5 Å². The Balaban J connectivity index is 1.87. The van der Waals surface area contributed by atoms with E-state index in [1.54, 1.807) is 6.07 Å². The van der Waals surface area contributed by atoms with Crippen LogP contribution >= 0.6 is 11.3 Å². The molecule has 11 heteroatoms. The molecule has 0 aliphatic heterocycles. The molecule has 0 unspecified atom stereocenters. The lowest BCUT2D eigenvalue weighted by molar-refractivity contribution is -0.274. The average Bonchev–Trinajstić information content (AvgIpc) is 3.16. The van der Waals surface area contributed by atoms with Crippen LogP contribution in [0.25, 0.3) is 0 Å². The van der Waals surface area contributed by atoms with Gasteiger partial charge in [0.15, 0.2) is 0 Å². The number of benzene rings is 1. The van der Waals surface area contributed by atoms with Crippen LogP contribution in [0, 0.1) is 0 Å². The number of aliphatic hydroxyl groups is 1. The average molecular weight is 418 g/mol. The predicted molar refractivity (Wildman–Crippen MR) is 94.9 cm³/mol. The van der Waals surface area contributed by atoms with Crippen LogP contribution < -0.4 is 15.4 Å². The van der Waals surface area contributed by atoms with Crippen molar-refractivity contribution in [3.05, 3.63) is 46.7 Å². The lowest BCUT2D eigenvalue weighted by atomic mass is 10.2. The maximum atomic E-state index is 12.1. The largest absolute Gasteiger partial charge is 0.573 e. The summed E-state index contributed by atoms with van der Waals surface area (Å²) in [6.07, 6.45) is -5.35. The van der Waals surface area contributed by atoms with Gasteiger partial charge in [0.2, 0.25) is 0 Å². The molecule has 7 nitrogen and oxygen atoms in total. The van der Waals surface area contributed by atoms with E-state index in [0.29, 0.717) is 0 Å². The van der Waals surface area contributed by atoms with Gasteiger partial charge in [-0.1, -0.05) is 0 Å². The summed E-state index contributed by atoms with van der Waals surface area (Å²) in [6.45, 7) is -0.126. The molecule has 1 heterocycles. The number of carbonyl (C=O) groups excluding carboxylic acids is 2. The number of aliphatic hydroxyl groups excluding tert-OH is 1. The second-order valence-corrected chi connectivity index (χ2v) is 6.16. The third-order valence-corrected chi connectivity index (χ3v) is 4.03. The van der Waals surface area contributed by atoms with Crippen LogP contribution in [-0.4, -0.2) is 43.0 Å². The van der Waals surface area contributed by atoms with Crippen LogP contribution in [0.1, 0.15) is 11.7 Å². The minimum atomic E-state index is -4.82. The van der Waals surface area contributed by atoms with Gasteiger partial charge in [0.05, 0.1) is 13.2 Å². The number of halogens is 3. The van der Waals surface area contributed by atoms with Crippen molar-refractivity contribution in [2.75, 3.05) is 25.1 Å². The minimum Gasteiger partial charge on any atom is -0.406 e. The Hall–Kier alpha value is -2.63. The topological polar surface area (TPSA) is 96.9 Å². The van der Waals surface area contributed by atoms with E-state index in [-0.39, 0.29) is 25.4 Å². The van der Waals surface area contributed by atoms with Gasteiger partial charge in [-0.25, -0.2) is 0 Å². The van der Waals surface area contributed by atoms with Crippen LogP contribution in [0.2, 0.25) is 0 Å². The van der Waals surface area contributed by atoms with Gasteiger partial charge in [0.25, 0.3) is 0 Å². The van der Waals surface area contributed by atoms with Crippen LogP contribution in [-0.2, 0) is 14.3 Å². The monoisotopic (exact) mass is 418 g/mol. The van der Waals surface area contributed by atoms with E-state index in [1.165, 1.54) is 23.5 Å². The fourth-order valence-corrected chi connectivity index (χ4v) is 2.82. The molecule has 0 saturated heterocycles. The molecule has 1 atom stereocenters. The first kappa shape index (κ1) is 21.7. The highest BCUT2D eigenvalue weighted by atomic mass is 32.1. The molecule has 0 aliphatic carbocycles. The molecule has 2 aromatic rings. The van der Waals surface area contributed by atoms with Crippen molar-refractivity contribution in [1.82, 2.24) is 5.32 Å². The highest BCUT2D eigenvalue weighted by Gasteiger charge is 2.31. The molecule has 1 aromatic carbocycles. The summed E-state index contributed by atoms with van der Waals surface area (Å²) >= 11 is 1.43. The van der Waals surface area contributed by atoms with E-state index in [2.05, 4.69) is 15.4 Å². The van der Waals surface area contributed by atoms with Gasteiger partial charge in [-0.2, -0.15) is 11.3 Å². The number of ether oxygens (including phenoxy) is 2. The fraction of sp³-hybridized carbons (Fsp3) is 0.294. The van der Waals surface area contributed by atoms with E-state index >= 15 is 0 Å². The summed E-state index contributed by atoms with van der Waals surface area (Å²) in [5.41, 5.74) is 0.917. The number of anilines is 1. The van der Waals surface area contributed by atoms with Gasteiger partial charge in [0, 0.05) is 12.2 Å². The summed E-state index contributed by atoms with van der Waals surface area (Å²) in [5, 5.41) is 17.2. The number of amides is 2. The summed E-state index contributed by atoms with van der Waals surface area (Å²) in [5.74, 6) is -2.38. The Morgan fingerprint density at radius 1 is 1.14 bits per heavy atom. The smallest absolute Gasteiger partial charge is 0.406 e. The highest BCUT2D eigenvalue weighted by Crippen LogP contribution is 2.24. The highest BCUT2D eigenvalue weighted by molar-refractivity contribution is 7.07. The van der Waals surface area contributed by atoms with E-state index in [1.807, 2.05) is 10.8 Å². The molecule has 0 aliphatic rings. The lowest BCUT2D eigenvalue weighted by Crippen LogP contribution is -2.38. The lowest BCUT2D eigenvalue weighted by Gasteiger charge is -2.17. The van der Waals surface area contributed by atoms with E-state index in [9.17, 15) is 22.8 Å². The van der Waals surface area contributed by atoms with Crippen molar-refractivity contribution in [1.29, 1.82) is 0 Å². The van der Waals surface area contributed by atoms with Crippen molar-refractivity contribution >= 4 is 28.8 Å². The van der Waals surface area contributed by atoms with E-state index in [4.69, 9.17) is 9.84 Å². The standard InChI is InChI=1S/C17H17F3N2O5S/c18-17(19,20)27-13-3-1-12(2-4-13)22-16(25)15(24)21-9-14(26-7-6-23)11-5-8-28-10-11/h1-5,8,10,14,23H,6-7,9H2,(H,21,24)(H,22,25)/t14-/m0/s1. The second-order valence-electron chi connectivity index (χ2n) is 5.38. The van der Waals surface area contributed by atoms with Crippen LogP contribution in [0.3, 0.4) is 0 Å². The number of rotatable bonds is 8. The molecule has 1 aromatic heterocycles. The number of thiophene rings is 1. The first-order valence-electron chi connectivity index (χ1n) is 7.98. The predicted octanol–water partition coefficient (Wildman–Crippen LogP) is 2.45. The van der Waals surface area contributed by atoms with Gasteiger partial charge in [-0.05, 0) is 46.7 Å². The molecule has 0 saturated carbocycles. The minimum absolute atomic E-state index is 0.00134. The van der Waals surface area contributed by atoms with E-state index in [0.717, 1.165) is 17.7 Å². The Labute approximate surface area is 162 Å². The van der Waals surface area contributed by atoms with Gasteiger partial charge >= 0.3 is 18.2 Å². The molecular formula is C17H17F3N2O5S. The maximum absolute atomic E-state index is 12.1. The Kier molecular flexibility index (Phi) is 7.79. The zero-order valence-corrected chi connectivity index (χ0v) is 15.2. The number of hydrogen-bond acceptors (Lipinski definition) is 6. The van der Waals surface area contributed by atoms with Crippen LogP contribution in [0.15, 0.2) is 41.1 Å². The SMILES string of the molecule is O=C(NC[C@H](OCCO)c1ccsc1)C(=O)Nc1ccc(OC(F)(F)F)cc1. The zero-order chi connectivity index (χ0) is 20.6. The quantitative estimate of drug-likeness (QED) is 0.573. The van der Waals surface area contributed by atoms with Crippen molar-refractivity contribution in [2.24, 2.45) is 0 Å². The summed E-state index contributed by atoms with van der Waals surface area (Å²) < 4.78 is 45.5. The van der Waals surface area contributed by atoms with Gasteiger partial charge in [0.1, 0.15) is 11.9 Å². The molecular weight excluding hydrogens is 401 g/mol. The van der Waals surface area contributed by atoms with Crippen LogP contribution in [0.5, 0.6) is 5.75 Å². The van der Waals surface area contributed by atoms with Gasteiger partial charge in [-0.15, -0.1) is 13.2 Å². The Bertz CT molecular complexity index is 766. The van der Waals surface area contributed by atoms with Crippen molar-refractivity contribution in [3.63, 3.8) is 0 Å². The first-order valence-corrected chi connectivity index (χ1v) is 8.92. The molecule has 2 amide bonds. The summed E-state index contributed by atoms with van der Waals surface area (Å²) in [6, 6.07) is 6.16. The molecule has 0 bridgehead atoms. The first-order chi connectivity index (χ1) is 13.3. The third-order valence-electron chi connectivity index (χ3n) is 3.33. The van der Waals surface area contributed by atoms with Crippen molar-refractivity contribution < 1.29 is 37.3 Å². The van der Waals surface area contributed by atoms with Crippen LogP contribution in [0.4, 0.5) is 18.9 Å². The summed E-state index contributed by atoms with van der Waals surface area (Å²) in [7, 11) is 0. The number of hydrogen-bond donors (Lipinski definition) is 3. The van der Waals surface area contributed by atoms with E-state index < -0.39 is 30.0 Å². The number of alkyl halides is 3. The normalized spacial score (nSPS) is 12.3. The van der Waals surface area contributed by atoms with Gasteiger partial charge in [-0.3, -0.25) is 9.59 Å². The Morgan fingerprint density at radius 2 is 1.86 bits per heavy atom. The molecule has 3 N–H and O–H groups in total. The number of carbonyl (C=O) groups is 2. The molecule has 2 rings (SSSR count). The molecule has 0 fully saturated rings. The summed E-state index contributed by atoms with van der Waals surface area (Å²) in [4.78, 5) is 23.9. The van der Waals surface area contributed by atoms with Crippen molar-refractivity contribution in [3.8, 4) is 5.75 Å². The molecule has 28 heavy (non-hydrogen) atoms. The molecule has 0 radical (unpaired) electrons. The van der Waals surface area contributed by atoms with Gasteiger partial charge < -0.3 is 25.2 Å². The second kappa shape index (κ2) is 10.1. The Morgan fingerprint density at radius 3 is 2.43 bits per heavy atom. The molecule has 0 spiro atoms. The fourth-order valence-electron chi connectivity index (χ4n) is 2.12. The third kappa shape index (κ3) is 7.18.